The van der Waals surface area contributed by atoms with Crippen molar-refractivity contribution in [2.45, 2.75) is 26.2 Å². The molecule has 0 aliphatic carbocycles. The van der Waals surface area contributed by atoms with Crippen molar-refractivity contribution in [2.24, 2.45) is 0 Å². The van der Waals surface area contributed by atoms with Gasteiger partial charge < -0.3 is 15.5 Å². The fourth-order valence-corrected chi connectivity index (χ4v) is 1.14. The first-order valence-electron chi connectivity index (χ1n) is 4.87. The molecule has 0 aliphatic rings. The molecule has 1 rings (SSSR count). The SMILES string of the molecule is CCCCCNC(=O)c1ccc(N)o1. The smallest absolute Gasteiger partial charge is 0.287 e. The van der Waals surface area contributed by atoms with Gasteiger partial charge in [-0.25, -0.2) is 0 Å². The zero-order chi connectivity index (χ0) is 10.4. The normalized spacial score (nSPS) is 10.1. The van der Waals surface area contributed by atoms with E-state index in [1.54, 1.807) is 12.1 Å². The highest BCUT2D eigenvalue weighted by atomic mass is 16.4. The van der Waals surface area contributed by atoms with Gasteiger partial charge in [0.15, 0.2) is 11.6 Å². The second-order valence-electron chi connectivity index (χ2n) is 3.17. The Bertz CT molecular complexity index is 294. The van der Waals surface area contributed by atoms with Gasteiger partial charge in [-0.1, -0.05) is 19.8 Å². The molecule has 0 saturated carbocycles. The van der Waals surface area contributed by atoms with Gasteiger partial charge in [-0.2, -0.15) is 0 Å². The topological polar surface area (TPSA) is 68.3 Å². The molecule has 0 aliphatic heterocycles. The van der Waals surface area contributed by atoms with Crippen LogP contribution in [0.15, 0.2) is 16.5 Å². The van der Waals surface area contributed by atoms with Crippen LogP contribution in [0.5, 0.6) is 0 Å². The third-order valence-electron chi connectivity index (χ3n) is 1.92. The summed E-state index contributed by atoms with van der Waals surface area (Å²) in [5, 5.41) is 2.76. The zero-order valence-corrected chi connectivity index (χ0v) is 8.38. The van der Waals surface area contributed by atoms with Crippen molar-refractivity contribution < 1.29 is 9.21 Å². The minimum Gasteiger partial charge on any atom is -0.436 e. The summed E-state index contributed by atoms with van der Waals surface area (Å²) in [5.74, 6) is 0.348. The lowest BCUT2D eigenvalue weighted by atomic mass is 10.2. The molecule has 14 heavy (non-hydrogen) atoms. The number of rotatable bonds is 5. The third-order valence-corrected chi connectivity index (χ3v) is 1.92. The van der Waals surface area contributed by atoms with E-state index in [9.17, 15) is 4.79 Å². The van der Waals surface area contributed by atoms with Crippen LogP contribution in [0.2, 0.25) is 0 Å². The number of furan rings is 1. The molecule has 0 bridgehead atoms. The predicted octanol–water partition coefficient (Wildman–Crippen LogP) is 1.78. The molecule has 0 saturated heterocycles. The maximum absolute atomic E-state index is 11.4. The van der Waals surface area contributed by atoms with Crippen molar-refractivity contribution in [3.8, 4) is 0 Å². The van der Waals surface area contributed by atoms with E-state index in [4.69, 9.17) is 10.2 Å². The number of amides is 1. The van der Waals surface area contributed by atoms with Crippen LogP contribution in [0.1, 0.15) is 36.7 Å². The summed E-state index contributed by atoms with van der Waals surface area (Å²) in [6.07, 6.45) is 3.27. The molecule has 1 amide bonds. The first-order valence-corrected chi connectivity index (χ1v) is 4.87. The summed E-state index contributed by atoms with van der Waals surface area (Å²) in [7, 11) is 0. The largest absolute Gasteiger partial charge is 0.436 e. The highest BCUT2D eigenvalue weighted by Gasteiger charge is 2.08. The van der Waals surface area contributed by atoms with E-state index >= 15 is 0 Å². The van der Waals surface area contributed by atoms with E-state index < -0.39 is 0 Å². The van der Waals surface area contributed by atoms with Crippen molar-refractivity contribution in [3.05, 3.63) is 17.9 Å². The molecule has 0 radical (unpaired) electrons. The number of hydrogen-bond donors (Lipinski definition) is 2. The minimum atomic E-state index is -0.196. The minimum absolute atomic E-state index is 0.196. The molecule has 0 atom stereocenters. The van der Waals surface area contributed by atoms with E-state index in [1.165, 1.54) is 0 Å². The number of nitrogen functional groups attached to an aromatic ring is 1. The van der Waals surface area contributed by atoms with Crippen molar-refractivity contribution >= 4 is 11.8 Å². The van der Waals surface area contributed by atoms with E-state index in [-0.39, 0.29) is 17.6 Å². The maximum Gasteiger partial charge on any atom is 0.287 e. The van der Waals surface area contributed by atoms with E-state index in [0.29, 0.717) is 6.54 Å². The van der Waals surface area contributed by atoms with Crippen LogP contribution < -0.4 is 11.1 Å². The molecule has 1 aromatic rings. The molecular formula is C10H16N2O2. The van der Waals surface area contributed by atoms with Gasteiger partial charge in [0.25, 0.3) is 5.91 Å². The van der Waals surface area contributed by atoms with Gasteiger partial charge in [-0.05, 0) is 12.5 Å². The van der Waals surface area contributed by atoms with Gasteiger partial charge in [-0.15, -0.1) is 0 Å². The number of carbonyl (C=O) groups is 1. The predicted molar refractivity (Wildman–Crippen MR) is 55.0 cm³/mol. The zero-order valence-electron chi connectivity index (χ0n) is 8.38. The Morgan fingerprint density at radius 1 is 1.50 bits per heavy atom. The van der Waals surface area contributed by atoms with Crippen molar-refractivity contribution in [1.82, 2.24) is 5.32 Å². The molecule has 4 nitrogen and oxygen atoms in total. The van der Waals surface area contributed by atoms with Gasteiger partial charge in [0.2, 0.25) is 0 Å². The summed E-state index contributed by atoms with van der Waals surface area (Å²) in [6, 6.07) is 3.14. The molecule has 4 heteroatoms. The molecule has 1 heterocycles. The Hall–Kier alpha value is -1.45. The van der Waals surface area contributed by atoms with Crippen molar-refractivity contribution in [2.75, 3.05) is 12.3 Å². The molecule has 0 aromatic carbocycles. The number of nitrogens with two attached hydrogens (primary N) is 1. The summed E-state index contributed by atoms with van der Waals surface area (Å²) in [4.78, 5) is 11.4. The van der Waals surface area contributed by atoms with Crippen molar-refractivity contribution in [1.29, 1.82) is 0 Å². The maximum atomic E-state index is 11.4. The average Bonchev–Trinajstić information content (AvgIpc) is 2.59. The Morgan fingerprint density at radius 3 is 2.86 bits per heavy atom. The summed E-state index contributed by atoms with van der Waals surface area (Å²) in [5.41, 5.74) is 5.35. The summed E-state index contributed by atoms with van der Waals surface area (Å²) < 4.78 is 4.97. The average molecular weight is 196 g/mol. The van der Waals surface area contributed by atoms with Crippen molar-refractivity contribution in [3.63, 3.8) is 0 Å². The molecule has 0 spiro atoms. The highest BCUT2D eigenvalue weighted by Crippen LogP contribution is 2.08. The highest BCUT2D eigenvalue weighted by molar-refractivity contribution is 5.91. The van der Waals surface area contributed by atoms with Crippen LogP contribution >= 0.6 is 0 Å². The monoisotopic (exact) mass is 196 g/mol. The summed E-state index contributed by atoms with van der Waals surface area (Å²) >= 11 is 0. The van der Waals surface area contributed by atoms with E-state index in [1.807, 2.05) is 0 Å². The van der Waals surface area contributed by atoms with Gasteiger partial charge in [-0.3, -0.25) is 4.79 Å². The fraction of sp³-hybridized carbons (Fsp3) is 0.500. The summed E-state index contributed by atoms with van der Waals surface area (Å²) in [6.45, 7) is 2.81. The number of nitrogens with one attached hydrogen (secondary N) is 1. The second kappa shape index (κ2) is 5.32. The van der Waals surface area contributed by atoms with E-state index in [2.05, 4.69) is 12.2 Å². The Morgan fingerprint density at radius 2 is 2.29 bits per heavy atom. The van der Waals surface area contributed by atoms with Crippen LogP contribution in [0.3, 0.4) is 0 Å². The second-order valence-corrected chi connectivity index (χ2v) is 3.17. The number of carbonyl (C=O) groups excluding carboxylic acids is 1. The molecule has 78 valence electrons. The number of anilines is 1. The first-order chi connectivity index (χ1) is 6.74. The van der Waals surface area contributed by atoms with Crippen LogP contribution in [0.4, 0.5) is 5.88 Å². The van der Waals surface area contributed by atoms with Gasteiger partial charge >= 0.3 is 0 Å². The molecular weight excluding hydrogens is 180 g/mol. The lowest BCUT2D eigenvalue weighted by Crippen LogP contribution is -2.23. The quantitative estimate of drug-likeness (QED) is 0.705. The van der Waals surface area contributed by atoms with Gasteiger partial charge in [0, 0.05) is 12.6 Å². The Balaban J connectivity index is 2.29. The standard InChI is InChI=1S/C10H16N2O2/c1-2-3-4-7-12-10(13)8-5-6-9(11)14-8/h5-6H,2-4,7,11H2,1H3,(H,12,13). The van der Waals surface area contributed by atoms with Gasteiger partial charge in [0.05, 0.1) is 0 Å². The number of unbranched alkanes of at least 4 members (excludes halogenated alkanes) is 2. The lowest BCUT2D eigenvalue weighted by Gasteiger charge is -2.01. The first kappa shape index (κ1) is 10.6. The van der Waals surface area contributed by atoms with Crippen LogP contribution in [0, 0.1) is 0 Å². The fourth-order valence-electron chi connectivity index (χ4n) is 1.14. The van der Waals surface area contributed by atoms with Crippen LogP contribution in [-0.2, 0) is 0 Å². The molecule has 0 fully saturated rings. The Kier molecular flexibility index (Phi) is 4.04. The molecule has 0 unspecified atom stereocenters. The number of hydrogen-bond acceptors (Lipinski definition) is 3. The Labute approximate surface area is 83.5 Å². The van der Waals surface area contributed by atoms with E-state index in [0.717, 1.165) is 19.3 Å². The van der Waals surface area contributed by atoms with Crippen LogP contribution in [0.25, 0.3) is 0 Å². The molecule has 3 N–H and O–H groups in total. The van der Waals surface area contributed by atoms with Gasteiger partial charge in [0.1, 0.15) is 0 Å². The lowest BCUT2D eigenvalue weighted by molar-refractivity contribution is 0.0926. The molecule has 1 aromatic heterocycles. The third kappa shape index (κ3) is 3.12. The van der Waals surface area contributed by atoms with Crippen LogP contribution in [-0.4, -0.2) is 12.5 Å².